The Bertz CT molecular complexity index is 141. The summed E-state index contributed by atoms with van der Waals surface area (Å²) in [5.74, 6) is 0.845. The minimum atomic E-state index is 0.631. The van der Waals surface area contributed by atoms with E-state index < -0.39 is 0 Å². The summed E-state index contributed by atoms with van der Waals surface area (Å²) in [6.07, 6.45) is 2.73. The first-order valence-electron chi connectivity index (χ1n) is 5.78. The van der Waals surface area contributed by atoms with Crippen LogP contribution in [0.15, 0.2) is 0 Å². The third-order valence-electron chi connectivity index (χ3n) is 3.15. The topological polar surface area (TPSA) is 27.3 Å². The van der Waals surface area contributed by atoms with E-state index in [1.807, 2.05) is 0 Å². The van der Waals surface area contributed by atoms with E-state index in [4.69, 9.17) is 0 Å². The van der Waals surface area contributed by atoms with Crippen LogP contribution in [-0.4, -0.2) is 51.2 Å². The van der Waals surface area contributed by atoms with Gasteiger partial charge in [-0.05, 0) is 59.4 Å². The van der Waals surface area contributed by atoms with Gasteiger partial charge in [0.15, 0.2) is 0 Å². The molecule has 1 heterocycles. The molecule has 0 radical (unpaired) electrons. The average molecular weight is 199 g/mol. The molecular weight excluding hydrogens is 174 g/mol. The van der Waals surface area contributed by atoms with Gasteiger partial charge in [-0.2, -0.15) is 0 Å². The van der Waals surface area contributed by atoms with Crippen molar-refractivity contribution >= 4 is 0 Å². The summed E-state index contributed by atoms with van der Waals surface area (Å²) in [5.41, 5.74) is 0. The van der Waals surface area contributed by atoms with Crippen molar-refractivity contribution in [2.75, 3.05) is 40.3 Å². The van der Waals surface area contributed by atoms with Gasteiger partial charge < -0.3 is 15.5 Å². The molecule has 0 bridgehead atoms. The van der Waals surface area contributed by atoms with Gasteiger partial charge >= 0.3 is 0 Å². The lowest BCUT2D eigenvalue weighted by Crippen LogP contribution is -2.40. The van der Waals surface area contributed by atoms with Crippen LogP contribution in [0.1, 0.15) is 19.8 Å². The predicted octanol–water partition coefficient (Wildman–Crippen LogP) is 0.526. The van der Waals surface area contributed by atoms with E-state index in [-0.39, 0.29) is 0 Å². The number of nitrogens with one attached hydrogen (secondary N) is 2. The lowest BCUT2D eigenvalue weighted by atomic mass is 10.00. The fourth-order valence-electron chi connectivity index (χ4n) is 1.78. The number of hydrogen-bond acceptors (Lipinski definition) is 3. The van der Waals surface area contributed by atoms with Gasteiger partial charge in [0.05, 0.1) is 0 Å². The van der Waals surface area contributed by atoms with E-state index in [0.29, 0.717) is 6.04 Å². The molecule has 0 amide bonds. The molecule has 2 unspecified atom stereocenters. The maximum absolute atomic E-state index is 3.55. The minimum absolute atomic E-state index is 0.631. The van der Waals surface area contributed by atoms with Gasteiger partial charge in [-0.3, -0.25) is 0 Å². The Kier molecular flexibility index (Phi) is 5.45. The lowest BCUT2D eigenvalue weighted by Gasteiger charge is -2.25. The Labute approximate surface area is 88.2 Å². The maximum atomic E-state index is 3.55. The third kappa shape index (κ3) is 4.40. The second-order valence-electron chi connectivity index (χ2n) is 4.68. The predicted molar refractivity (Wildman–Crippen MR) is 61.6 cm³/mol. The molecule has 14 heavy (non-hydrogen) atoms. The summed E-state index contributed by atoms with van der Waals surface area (Å²) in [4.78, 5) is 2.26. The normalized spacial score (nSPS) is 25.3. The maximum Gasteiger partial charge on any atom is 0.0186 e. The average Bonchev–Trinajstić information content (AvgIpc) is 2.19. The van der Waals surface area contributed by atoms with Gasteiger partial charge in [0, 0.05) is 12.6 Å². The van der Waals surface area contributed by atoms with Crippen molar-refractivity contribution in [3.05, 3.63) is 0 Å². The molecule has 0 aromatic carbocycles. The summed E-state index contributed by atoms with van der Waals surface area (Å²) >= 11 is 0. The molecule has 3 nitrogen and oxygen atoms in total. The standard InChI is InChI=1S/C11H25N3/c1-10(14(2)3)7-13-9-11-5-4-6-12-8-11/h10-13H,4-9H2,1-3H3. The monoisotopic (exact) mass is 199 g/mol. The summed E-state index contributed by atoms with van der Waals surface area (Å²) < 4.78 is 0. The van der Waals surface area contributed by atoms with Crippen LogP contribution < -0.4 is 10.6 Å². The van der Waals surface area contributed by atoms with Crippen LogP contribution in [0.5, 0.6) is 0 Å². The molecule has 3 heteroatoms. The highest BCUT2D eigenvalue weighted by atomic mass is 15.1. The van der Waals surface area contributed by atoms with Crippen LogP contribution in [0.3, 0.4) is 0 Å². The third-order valence-corrected chi connectivity index (χ3v) is 3.15. The quantitative estimate of drug-likeness (QED) is 0.676. The molecule has 2 atom stereocenters. The lowest BCUT2D eigenvalue weighted by molar-refractivity contribution is 0.288. The summed E-state index contributed by atoms with van der Waals surface area (Å²) in [6, 6.07) is 0.631. The Morgan fingerprint density at radius 2 is 2.29 bits per heavy atom. The van der Waals surface area contributed by atoms with E-state index in [1.165, 1.54) is 32.5 Å². The first-order chi connectivity index (χ1) is 6.70. The number of hydrogen-bond donors (Lipinski definition) is 2. The van der Waals surface area contributed by atoms with Crippen molar-refractivity contribution in [3.63, 3.8) is 0 Å². The van der Waals surface area contributed by atoms with E-state index in [1.54, 1.807) is 0 Å². The minimum Gasteiger partial charge on any atom is -0.316 e. The first-order valence-corrected chi connectivity index (χ1v) is 5.78. The zero-order chi connectivity index (χ0) is 10.4. The summed E-state index contributed by atoms with van der Waals surface area (Å²) in [7, 11) is 4.27. The highest BCUT2D eigenvalue weighted by Crippen LogP contribution is 2.08. The van der Waals surface area contributed by atoms with Crippen molar-refractivity contribution in [3.8, 4) is 0 Å². The fourth-order valence-corrected chi connectivity index (χ4v) is 1.78. The van der Waals surface area contributed by atoms with Crippen molar-refractivity contribution in [1.82, 2.24) is 15.5 Å². The Balaban J connectivity index is 2.02. The number of nitrogens with zero attached hydrogens (tertiary/aromatic N) is 1. The Hall–Kier alpha value is -0.120. The molecule has 84 valence electrons. The van der Waals surface area contributed by atoms with Gasteiger partial charge in [-0.25, -0.2) is 0 Å². The molecule has 1 aliphatic rings. The highest BCUT2D eigenvalue weighted by molar-refractivity contribution is 4.72. The smallest absolute Gasteiger partial charge is 0.0186 e. The van der Waals surface area contributed by atoms with E-state index in [0.717, 1.165) is 12.5 Å². The molecule has 0 aromatic rings. The van der Waals surface area contributed by atoms with Crippen LogP contribution >= 0.6 is 0 Å². The second-order valence-corrected chi connectivity index (χ2v) is 4.68. The van der Waals surface area contributed by atoms with Crippen LogP contribution in [0.2, 0.25) is 0 Å². The molecule has 0 saturated carbocycles. The zero-order valence-corrected chi connectivity index (χ0v) is 9.84. The zero-order valence-electron chi connectivity index (χ0n) is 9.84. The van der Waals surface area contributed by atoms with Gasteiger partial charge in [0.1, 0.15) is 0 Å². The van der Waals surface area contributed by atoms with Crippen LogP contribution in [-0.2, 0) is 0 Å². The van der Waals surface area contributed by atoms with Crippen molar-refractivity contribution < 1.29 is 0 Å². The molecule has 1 rings (SSSR count). The van der Waals surface area contributed by atoms with Crippen LogP contribution in [0.4, 0.5) is 0 Å². The first kappa shape index (κ1) is 12.0. The van der Waals surface area contributed by atoms with Crippen molar-refractivity contribution in [2.24, 2.45) is 5.92 Å². The van der Waals surface area contributed by atoms with Crippen molar-refractivity contribution in [2.45, 2.75) is 25.8 Å². The second kappa shape index (κ2) is 6.38. The van der Waals surface area contributed by atoms with Crippen LogP contribution in [0.25, 0.3) is 0 Å². The number of rotatable bonds is 5. The van der Waals surface area contributed by atoms with E-state index in [9.17, 15) is 0 Å². The number of piperidine rings is 1. The molecular formula is C11H25N3. The number of likely N-dealkylation sites (N-methyl/N-ethyl adjacent to an activating group) is 1. The van der Waals surface area contributed by atoms with Crippen molar-refractivity contribution in [1.29, 1.82) is 0 Å². The summed E-state index contributed by atoms with van der Waals surface area (Å²) in [5, 5.41) is 7.00. The molecule has 1 saturated heterocycles. The fraction of sp³-hybridized carbons (Fsp3) is 1.00. The molecule has 2 N–H and O–H groups in total. The molecule has 0 spiro atoms. The van der Waals surface area contributed by atoms with Gasteiger partial charge in [-0.1, -0.05) is 0 Å². The molecule has 0 aliphatic carbocycles. The van der Waals surface area contributed by atoms with Gasteiger partial charge in [0.25, 0.3) is 0 Å². The highest BCUT2D eigenvalue weighted by Gasteiger charge is 2.12. The molecule has 1 fully saturated rings. The largest absolute Gasteiger partial charge is 0.316 e. The SMILES string of the molecule is CC(CNCC1CCCNC1)N(C)C. The van der Waals surface area contributed by atoms with E-state index >= 15 is 0 Å². The van der Waals surface area contributed by atoms with Gasteiger partial charge in [-0.15, -0.1) is 0 Å². The Morgan fingerprint density at radius 3 is 2.86 bits per heavy atom. The molecule has 1 aliphatic heterocycles. The van der Waals surface area contributed by atoms with Crippen LogP contribution in [0, 0.1) is 5.92 Å². The van der Waals surface area contributed by atoms with Gasteiger partial charge in [0.2, 0.25) is 0 Å². The Morgan fingerprint density at radius 1 is 1.50 bits per heavy atom. The molecule has 0 aromatic heterocycles. The summed E-state index contributed by atoms with van der Waals surface area (Å²) in [6.45, 7) is 6.94. The van der Waals surface area contributed by atoms with E-state index in [2.05, 4.69) is 36.6 Å².